The molecule has 2 atom stereocenters. The number of hydrogen-bond acceptors (Lipinski definition) is 2. The van der Waals surface area contributed by atoms with Gasteiger partial charge in [-0.3, -0.25) is 0 Å². The number of rotatable bonds is 5. The van der Waals surface area contributed by atoms with Gasteiger partial charge in [0.2, 0.25) is 0 Å². The minimum absolute atomic E-state index is 0.217. The highest BCUT2D eigenvalue weighted by atomic mass is 16.3. The first kappa shape index (κ1) is 11.0. The predicted molar refractivity (Wildman–Crippen MR) is 55.7 cm³/mol. The van der Waals surface area contributed by atoms with Crippen molar-refractivity contribution in [2.75, 3.05) is 6.54 Å². The average molecular weight is 185 g/mol. The van der Waals surface area contributed by atoms with E-state index in [4.69, 9.17) is 5.11 Å². The molecule has 2 heteroatoms. The van der Waals surface area contributed by atoms with Gasteiger partial charge in [0.1, 0.15) is 0 Å². The van der Waals surface area contributed by atoms with Crippen LogP contribution in [0.4, 0.5) is 0 Å². The summed E-state index contributed by atoms with van der Waals surface area (Å²) in [6, 6.07) is 0.567. The highest BCUT2D eigenvalue weighted by molar-refractivity contribution is 4.73. The van der Waals surface area contributed by atoms with Crippen LogP contribution in [-0.2, 0) is 0 Å². The van der Waals surface area contributed by atoms with Crippen molar-refractivity contribution in [2.45, 2.75) is 58.1 Å². The Morgan fingerprint density at radius 3 is 2.46 bits per heavy atom. The summed E-state index contributed by atoms with van der Waals surface area (Å²) >= 11 is 0. The maximum Gasteiger partial charge on any atom is 0.0636 e. The maximum atomic E-state index is 9.10. The molecule has 0 saturated heterocycles. The van der Waals surface area contributed by atoms with E-state index in [1.54, 1.807) is 0 Å². The van der Waals surface area contributed by atoms with Crippen LogP contribution in [0.2, 0.25) is 0 Å². The second kappa shape index (κ2) is 5.61. The summed E-state index contributed by atoms with van der Waals surface area (Å²) in [5.41, 5.74) is 0. The van der Waals surface area contributed by atoms with Crippen molar-refractivity contribution in [1.29, 1.82) is 0 Å². The first-order chi connectivity index (χ1) is 6.18. The molecule has 13 heavy (non-hydrogen) atoms. The van der Waals surface area contributed by atoms with Gasteiger partial charge >= 0.3 is 0 Å². The summed E-state index contributed by atoms with van der Waals surface area (Å²) in [4.78, 5) is 0. The molecule has 1 saturated carbocycles. The molecule has 0 aliphatic heterocycles. The number of hydrogen-bond donors (Lipinski definition) is 2. The molecule has 0 amide bonds. The lowest BCUT2D eigenvalue weighted by atomic mass is 9.99. The van der Waals surface area contributed by atoms with Crippen LogP contribution >= 0.6 is 0 Å². The molecule has 0 aromatic carbocycles. The molecule has 78 valence electrons. The second-order valence-electron chi connectivity index (χ2n) is 4.54. The number of nitrogens with one attached hydrogen (secondary N) is 1. The van der Waals surface area contributed by atoms with E-state index in [9.17, 15) is 0 Å². The van der Waals surface area contributed by atoms with Crippen molar-refractivity contribution in [3.63, 3.8) is 0 Å². The average Bonchev–Trinajstić information content (AvgIpc) is 2.53. The highest BCUT2D eigenvalue weighted by Gasteiger charge is 2.17. The largest absolute Gasteiger partial charge is 0.392 e. The van der Waals surface area contributed by atoms with Crippen LogP contribution in [0.5, 0.6) is 0 Å². The van der Waals surface area contributed by atoms with Crippen LogP contribution in [0.1, 0.15) is 46.0 Å². The van der Waals surface area contributed by atoms with Crippen molar-refractivity contribution in [3.05, 3.63) is 0 Å². The van der Waals surface area contributed by atoms with Crippen LogP contribution in [-0.4, -0.2) is 23.8 Å². The van der Waals surface area contributed by atoms with E-state index < -0.39 is 0 Å². The Balaban J connectivity index is 2.05. The van der Waals surface area contributed by atoms with Gasteiger partial charge in [0.15, 0.2) is 0 Å². The third-order valence-corrected chi connectivity index (χ3v) is 2.92. The standard InChI is InChI=1S/C11H23NO/c1-9(12-8-10(2)13)7-11-5-3-4-6-11/h9-13H,3-8H2,1-2H3/t9?,10-/m1/s1. The molecule has 2 nitrogen and oxygen atoms in total. The normalized spacial score (nSPS) is 23.3. The minimum Gasteiger partial charge on any atom is -0.392 e. The van der Waals surface area contributed by atoms with Crippen molar-refractivity contribution in [1.82, 2.24) is 5.32 Å². The van der Waals surface area contributed by atoms with E-state index in [0.717, 1.165) is 12.5 Å². The molecule has 1 fully saturated rings. The van der Waals surface area contributed by atoms with E-state index in [-0.39, 0.29) is 6.10 Å². The lowest BCUT2D eigenvalue weighted by Gasteiger charge is -2.18. The Hall–Kier alpha value is -0.0800. The molecular formula is C11H23NO. The van der Waals surface area contributed by atoms with Crippen LogP contribution < -0.4 is 5.32 Å². The molecule has 1 aliphatic carbocycles. The molecule has 0 aromatic rings. The van der Waals surface area contributed by atoms with E-state index >= 15 is 0 Å². The summed E-state index contributed by atoms with van der Waals surface area (Å²) in [5.74, 6) is 0.941. The zero-order chi connectivity index (χ0) is 9.68. The van der Waals surface area contributed by atoms with Gasteiger partial charge in [0.05, 0.1) is 6.10 Å². The van der Waals surface area contributed by atoms with Crippen molar-refractivity contribution < 1.29 is 5.11 Å². The molecule has 1 unspecified atom stereocenters. The molecule has 0 radical (unpaired) electrons. The third-order valence-electron chi connectivity index (χ3n) is 2.92. The van der Waals surface area contributed by atoms with E-state index in [0.29, 0.717) is 6.04 Å². The Morgan fingerprint density at radius 2 is 1.92 bits per heavy atom. The van der Waals surface area contributed by atoms with Crippen LogP contribution in [0, 0.1) is 5.92 Å². The Morgan fingerprint density at radius 1 is 1.31 bits per heavy atom. The van der Waals surface area contributed by atoms with Gasteiger partial charge in [-0.15, -0.1) is 0 Å². The van der Waals surface area contributed by atoms with Crippen molar-refractivity contribution in [3.8, 4) is 0 Å². The zero-order valence-electron chi connectivity index (χ0n) is 8.92. The van der Waals surface area contributed by atoms with Gasteiger partial charge in [-0.05, 0) is 26.2 Å². The number of aliphatic hydroxyl groups is 1. The summed E-state index contributed by atoms with van der Waals surface area (Å²) < 4.78 is 0. The van der Waals surface area contributed by atoms with Crippen molar-refractivity contribution in [2.24, 2.45) is 5.92 Å². The van der Waals surface area contributed by atoms with E-state index in [1.807, 2.05) is 6.92 Å². The molecule has 2 N–H and O–H groups in total. The second-order valence-corrected chi connectivity index (χ2v) is 4.54. The van der Waals surface area contributed by atoms with Crippen molar-refractivity contribution >= 4 is 0 Å². The highest BCUT2D eigenvalue weighted by Crippen LogP contribution is 2.28. The van der Waals surface area contributed by atoms with Crippen LogP contribution in [0.3, 0.4) is 0 Å². The third kappa shape index (κ3) is 4.63. The molecular weight excluding hydrogens is 162 g/mol. The molecule has 1 rings (SSSR count). The molecule has 0 bridgehead atoms. The smallest absolute Gasteiger partial charge is 0.0636 e. The minimum atomic E-state index is -0.217. The quantitative estimate of drug-likeness (QED) is 0.686. The summed E-state index contributed by atoms with van der Waals surface area (Å²) in [5, 5.41) is 12.5. The predicted octanol–water partition coefficient (Wildman–Crippen LogP) is 1.93. The van der Waals surface area contributed by atoms with E-state index in [2.05, 4.69) is 12.2 Å². The summed E-state index contributed by atoms with van der Waals surface area (Å²) in [6.07, 6.45) is 6.75. The van der Waals surface area contributed by atoms with Gasteiger partial charge in [0, 0.05) is 12.6 Å². The Labute approximate surface area is 81.7 Å². The number of aliphatic hydroxyl groups excluding tert-OH is 1. The first-order valence-corrected chi connectivity index (χ1v) is 5.60. The van der Waals surface area contributed by atoms with Gasteiger partial charge in [-0.1, -0.05) is 25.7 Å². The maximum absolute atomic E-state index is 9.10. The fourth-order valence-corrected chi connectivity index (χ4v) is 2.20. The zero-order valence-corrected chi connectivity index (χ0v) is 8.92. The topological polar surface area (TPSA) is 32.3 Å². The van der Waals surface area contributed by atoms with Gasteiger partial charge < -0.3 is 10.4 Å². The summed E-state index contributed by atoms with van der Waals surface area (Å²) in [7, 11) is 0. The summed E-state index contributed by atoms with van der Waals surface area (Å²) in [6.45, 7) is 4.78. The first-order valence-electron chi connectivity index (χ1n) is 5.60. The van der Waals surface area contributed by atoms with E-state index in [1.165, 1.54) is 32.1 Å². The molecule has 0 spiro atoms. The van der Waals surface area contributed by atoms with Crippen LogP contribution in [0.25, 0.3) is 0 Å². The lowest BCUT2D eigenvalue weighted by Crippen LogP contribution is -2.33. The Kier molecular flexibility index (Phi) is 4.74. The SMILES string of the molecule is CC(CC1CCCC1)NC[C@@H](C)O. The molecule has 1 aliphatic rings. The fourth-order valence-electron chi connectivity index (χ4n) is 2.20. The van der Waals surface area contributed by atoms with Gasteiger partial charge in [-0.2, -0.15) is 0 Å². The fraction of sp³-hybridized carbons (Fsp3) is 1.00. The monoisotopic (exact) mass is 185 g/mol. The Bertz CT molecular complexity index is 130. The molecule has 0 aromatic heterocycles. The van der Waals surface area contributed by atoms with Gasteiger partial charge in [-0.25, -0.2) is 0 Å². The van der Waals surface area contributed by atoms with Crippen LogP contribution in [0.15, 0.2) is 0 Å². The molecule has 0 heterocycles. The van der Waals surface area contributed by atoms with Gasteiger partial charge in [0.25, 0.3) is 0 Å². The lowest BCUT2D eigenvalue weighted by molar-refractivity contribution is 0.184.